The number of hydrogen-bond acceptors (Lipinski definition) is 1. The molecule has 0 aliphatic rings. The lowest BCUT2D eigenvalue weighted by Crippen LogP contribution is -1.79. The molecule has 0 unspecified atom stereocenters. The lowest BCUT2D eigenvalue weighted by molar-refractivity contribution is 1.40. The Balaban J connectivity index is 2.56. The van der Waals surface area contributed by atoms with Crippen LogP contribution in [0.5, 0.6) is 0 Å². The fourth-order valence-electron chi connectivity index (χ4n) is 1.51. The molecule has 0 amide bonds. The minimum Gasteiger partial charge on any atom is -0.366 e. The van der Waals surface area contributed by atoms with E-state index in [9.17, 15) is 0 Å². The fraction of sp³-hybridized carbons (Fsp3) is 0.0833. The number of benzene rings is 1. The molecule has 2 rings (SSSR count). The minimum absolute atomic E-state index is 0.690. The van der Waals surface area contributed by atoms with Gasteiger partial charge in [-0.2, -0.15) is 5.26 Å². The summed E-state index contributed by atoms with van der Waals surface area (Å²) in [6.45, 7) is 2.04. The standard InChI is InChI=1S/C12H10N2/c1-9-3-2-4-10(5-9)12-8-14-7-11(12)6-13/h2-5,7-8,14H,1H3. The van der Waals surface area contributed by atoms with Crippen molar-refractivity contribution in [1.29, 1.82) is 5.26 Å². The molecule has 0 saturated carbocycles. The average molecular weight is 182 g/mol. The smallest absolute Gasteiger partial charge is 0.101 e. The maximum Gasteiger partial charge on any atom is 0.101 e. The lowest BCUT2D eigenvalue weighted by Gasteiger charge is -1.99. The van der Waals surface area contributed by atoms with Crippen LogP contribution in [-0.4, -0.2) is 4.98 Å². The monoisotopic (exact) mass is 182 g/mol. The molecule has 0 saturated heterocycles. The molecule has 0 aliphatic carbocycles. The van der Waals surface area contributed by atoms with Crippen LogP contribution in [0.2, 0.25) is 0 Å². The summed E-state index contributed by atoms with van der Waals surface area (Å²) >= 11 is 0. The van der Waals surface area contributed by atoms with Crippen LogP contribution in [0, 0.1) is 18.3 Å². The van der Waals surface area contributed by atoms with Crippen LogP contribution in [-0.2, 0) is 0 Å². The van der Waals surface area contributed by atoms with Gasteiger partial charge in [0.15, 0.2) is 0 Å². The Bertz CT molecular complexity index is 489. The molecule has 2 nitrogen and oxygen atoms in total. The Hall–Kier alpha value is -2.01. The quantitative estimate of drug-likeness (QED) is 0.723. The molecule has 0 fully saturated rings. The maximum absolute atomic E-state index is 8.87. The Labute approximate surface area is 82.8 Å². The van der Waals surface area contributed by atoms with E-state index in [0.717, 1.165) is 11.1 Å². The Kier molecular flexibility index (Phi) is 2.08. The molecule has 68 valence electrons. The summed E-state index contributed by atoms with van der Waals surface area (Å²) < 4.78 is 0. The summed E-state index contributed by atoms with van der Waals surface area (Å²) in [5, 5.41) is 8.87. The molecule has 2 heteroatoms. The summed E-state index contributed by atoms with van der Waals surface area (Å²) in [6, 6.07) is 10.3. The third kappa shape index (κ3) is 1.40. The van der Waals surface area contributed by atoms with Gasteiger partial charge in [-0.05, 0) is 12.5 Å². The highest BCUT2D eigenvalue weighted by atomic mass is 14.6. The molecule has 1 aromatic heterocycles. The number of aromatic nitrogens is 1. The van der Waals surface area contributed by atoms with Crippen LogP contribution in [0.3, 0.4) is 0 Å². The van der Waals surface area contributed by atoms with Crippen molar-refractivity contribution in [1.82, 2.24) is 4.98 Å². The van der Waals surface area contributed by atoms with Gasteiger partial charge in [0, 0.05) is 18.0 Å². The average Bonchev–Trinajstić information content (AvgIpc) is 2.65. The summed E-state index contributed by atoms with van der Waals surface area (Å²) in [5.74, 6) is 0. The predicted molar refractivity (Wildman–Crippen MR) is 55.7 cm³/mol. The second-order valence-electron chi connectivity index (χ2n) is 3.26. The van der Waals surface area contributed by atoms with Crippen molar-refractivity contribution in [2.24, 2.45) is 0 Å². The number of hydrogen-bond donors (Lipinski definition) is 1. The number of nitrogens with one attached hydrogen (secondary N) is 1. The number of H-pyrrole nitrogens is 1. The van der Waals surface area contributed by atoms with Gasteiger partial charge in [0.1, 0.15) is 6.07 Å². The fourth-order valence-corrected chi connectivity index (χ4v) is 1.51. The van der Waals surface area contributed by atoms with E-state index in [1.807, 2.05) is 31.3 Å². The van der Waals surface area contributed by atoms with E-state index in [2.05, 4.69) is 17.1 Å². The normalized spacial score (nSPS) is 9.71. The third-order valence-corrected chi connectivity index (χ3v) is 2.20. The van der Waals surface area contributed by atoms with Gasteiger partial charge >= 0.3 is 0 Å². The molecule has 1 N–H and O–H groups in total. The highest BCUT2D eigenvalue weighted by molar-refractivity contribution is 5.70. The lowest BCUT2D eigenvalue weighted by atomic mass is 10.0. The highest BCUT2D eigenvalue weighted by Gasteiger charge is 2.04. The molecule has 2 aromatic rings. The SMILES string of the molecule is Cc1cccc(-c2c[nH]cc2C#N)c1. The maximum atomic E-state index is 8.87. The number of rotatable bonds is 1. The minimum atomic E-state index is 0.690. The molecular formula is C12H10N2. The van der Waals surface area contributed by atoms with Gasteiger partial charge in [0.25, 0.3) is 0 Å². The van der Waals surface area contributed by atoms with E-state index >= 15 is 0 Å². The zero-order chi connectivity index (χ0) is 9.97. The van der Waals surface area contributed by atoms with Crippen molar-refractivity contribution in [3.8, 4) is 17.2 Å². The van der Waals surface area contributed by atoms with Gasteiger partial charge in [0.05, 0.1) is 5.56 Å². The molecule has 1 aromatic carbocycles. The van der Waals surface area contributed by atoms with E-state index in [1.54, 1.807) is 6.20 Å². The summed E-state index contributed by atoms with van der Waals surface area (Å²) in [4.78, 5) is 2.94. The van der Waals surface area contributed by atoms with Crippen LogP contribution in [0.15, 0.2) is 36.7 Å². The highest BCUT2D eigenvalue weighted by Crippen LogP contribution is 2.23. The molecular weight excluding hydrogens is 172 g/mol. The molecule has 0 atom stereocenters. The molecule has 0 radical (unpaired) electrons. The van der Waals surface area contributed by atoms with Gasteiger partial charge in [-0.25, -0.2) is 0 Å². The first-order valence-electron chi connectivity index (χ1n) is 4.45. The van der Waals surface area contributed by atoms with E-state index < -0.39 is 0 Å². The van der Waals surface area contributed by atoms with Crippen LogP contribution < -0.4 is 0 Å². The molecule has 0 aliphatic heterocycles. The van der Waals surface area contributed by atoms with E-state index in [0.29, 0.717) is 5.56 Å². The summed E-state index contributed by atoms with van der Waals surface area (Å²) in [5.41, 5.74) is 3.95. The van der Waals surface area contributed by atoms with Gasteiger partial charge in [-0.15, -0.1) is 0 Å². The van der Waals surface area contributed by atoms with Gasteiger partial charge in [-0.1, -0.05) is 29.8 Å². The molecule has 0 spiro atoms. The number of nitriles is 1. The molecule has 1 heterocycles. The van der Waals surface area contributed by atoms with Crippen LogP contribution in [0.4, 0.5) is 0 Å². The molecule has 0 bridgehead atoms. The zero-order valence-corrected chi connectivity index (χ0v) is 7.91. The van der Waals surface area contributed by atoms with Crippen molar-refractivity contribution in [2.45, 2.75) is 6.92 Å². The van der Waals surface area contributed by atoms with Crippen molar-refractivity contribution < 1.29 is 0 Å². The van der Waals surface area contributed by atoms with Crippen molar-refractivity contribution in [3.05, 3.63) is 47.8 Å². The largest absolute Gasteiger partial charge is 0.366 e. The van der Waals surface area contributed by atoms with Crippen molar-refractivity contribution in [3.63, 3.8) is 0 Å². The van der Waals surface area contributed by atoms with E-state index in [1.165, 1.54) is 5.56 Å². The van der Waals surface area contributed by atoms with Crippen LogP contribution >= 0.6 is 0 Å². The zero-order valence-electron chi connectivity index (χ0n) is 7.91. The third-order valence-electron chi connectivity index (χ3n) is 2.20. The number of aryl methyl sites for hydroxylation is 1. The van der Waals surface area contributed by atoms with E-state index in [4.69, 9.17) is 5.26 Å². The van der Waals surface area contributed by atoms with Gasteiger partial charge < -0.3 is 4.98 Å². The Morgan fingerprint density at radius 3 is 2.86 bits per heavy atom. The predicted octanol–water partition coefficient (Wildman–Crippen LogP) is 2.86. The van der Waals surface area contributed by atoms with E-state index in [-0.39, 0.29) is 0 Å². The van der Waals surface area contributed by atoms with Gasteiger partial charge in [-0.3, -0.25) is 0 Å². The Morgan fingerprint density at radius 1 is 1.29 bits per heavy atom. The first-order valence-corrected chi connectivity index (χ1v) is 4.45. The van der Waals surface area contributed by atoms with Crippen LogP contribution in [0.1, 0.15) is 11.1 Å². The topological polar surface area (TPSA) is 39.6 Å². The first-order chi connectivity index (χ1) is 6.81. The Morgan fingerprint density at radius 2 is 2.14 bits per heavy atom. The summed E-state index contributed by atoms with van der Waals surface area (Å²) in [7, 11) is 0. The van der Waals surface area contributed by atoms with Crippen LogP contribution in [0.25, 0.3) is 11.1 Å². The second kappa shape index (κ2) is 3.39. The van der Waals surface area contributed by atoms with Crippen molar-refractivity contribution >= 4 is 0 Å². The number of aromatic amines is 1. The second-order valence-corrected chi connectivity index (χ2v) is 3.26. The van der Waals surface area contributed by atoms with Crippen molar-refractivity contribution in [2.75, 3.05) is 0 Å². The number of nitrogens with zero attached hydrogens (tertiary/aromatic N) is 1. The summed E-state index contributed by atoms with van der Waals surface area (Å²) in [6.07, 6.45) is 3.57. The first kappa shape index (κ1) is 8.58. The molecule has 14 heavy (non-hydrogen) atoms. The van der Waals surface area contributed by atoms with Gasteiger partial charge in [0.2, 0.25) is 0 Å².